The van der Waals surface area contributed by atoms with E-state index in [1.807, 2.05) is 0 Å². The predicted octanol–water partition coefficient (Wildman–Crippen LogP) is 7.42. The van der Waals surface area contributed by atoms with Crippen LogP contribution in [0.25, 0.3) is 11.1 Å². The molecule has 0 aromatic heterocycles. The first-order chi connectivity index (χ1) is 22.8. The van der Waals surface area contributed by atoms with Crippen molar-refractivity contribution in [2.75, 3.05) is 0 Å². The van der Waals surface area contributed by atoms with Gasteiger partial charge in [-0.2, -0.15) is 0 Å². The van der Waals surface area contributed by atoms with Crippen molar-refractivity contribution >= 4 is 30.6 Å². The first kappa shape index (κ1) is 41.9. The van der Waals surface area contributed by atoms with Crippen LogP contribution in [0, 0.1) is 11.3 Å². The van der Waals surface area contributed by atoms with Crippen molar-refractivity contribution in [3.8, 4) is 11.1 Å². The SMILES string of the molecule is CC1=[C]([Zr+2](=[CH]c2ccc(Cl)cc2)(=[CH]c2ccc(Cl)cc2)[CH]2c3cc(C(C)(C)C)ccc3-c3ccc(C(C)(C)C)cc32)C(C)C=C1C(C)(C)C.[Cl-].[Cl-]. The van der Waals surface area contributed by atoms with E-state index in [1.54, 1.807) is 3.28 Å². The van der Waals surface area contributed by atoms with Gasteiger partial charge < -0.3 is 24.8 Å². The first-order valence-electron chi connectivity index (χ1n) is 17.8. The molecule has 4 aromatic carbocycles. The van der Waals surface area contributed by atoms with E-state index >= 15 is 0 Å². The summed E-state index contributed by atoms with van der Waals surface area (Å²) in [5.41, 5.74) is 14.1. The molecular formula is C46H52Cl4Zr. The predicted molar refractivity (Wildman–Crippen MR) is 214 cm³/mol. The Bertz CT molecular complexity index is 2000. The van der Waals surface area contributed by atoms with Crippen LogP contribution in [0.5, 0.6) is 0 Å². The number of fused-ring (bicyclic) bond motifs is 3. The van der Waals surface area contributed by atoms with Crippen molar-refractivity contribution in [2.45, 2.75) is 90.6 Å². The quantitative estimate of drug-likeness (QED) is 0.201. The number of hydrogen-bond acceptors (Lipinski definition) is 0. The van der Waals surface area contributed by atoms with E-state index in [2.05, 4.69) is 175 Å². The molecule has 0 fully saturated rings. The second kappa shape index (κ2) is 15.1. The molecule has 0 saturated heterocycles. The van der Waals surface area contributed by atoms with Crippen LogP contribution in [-0.2, 0) is 30.1 Å². The molecule has 51 heavy (non-hydrogen) atoms. The van der Waals surface area contributed by atoms with Crippen LogP contribution < -0.4 is 24.8 Å². The van der Waals surface area contributed by atoms with Crippen molar-refractivity contribution in [1.29, 1.82) is 0 Å². The zero-order chi connectivity index (χ0) is 35.7. The van der Waals surface area contributed by atoms with Crippen LogP contribution in [0.4, 0.5) is 0 Å². The van der Waals surface area contributed by atoms with E-state index in [-0.39, 0.29) is 44.7 Å². The normalized spacial score (nSPS) is 15.5. The molecule has 0 bridgehead atoms. The fourth-order valence-electron chi connectivity index (χ4n) is 8.37. The molecule has 1 atom stereocenters. The van der Waals surface area contributed by atoms with Crippen LogP contribution in [-0.4, -0.2) is 7.42 Å². The molecule has 4 aromatic rings. The van der Waals surface area contributed by atoms with Gasteiger partial charge in [0, 0.05) is 0 Å². The molecule has 6 rings (SSSR count). The van der Waals surface area contributed by atoms with E-state index in [0.29, 0.717) is 5.92 Å². The molecule has 0 heterocycles. The molecule has 1 unspecified atom stereocenters. The van der Waals surface area contributed by atoms with Gasteiger partial charge in [-0.05, 0) is 0 Å². The van der Waals surface area contributed by atoms with E-state index in [4.69, 9.17) is 23.2 Å². The summed E-state index contributed by atoms with van der Waals surface area (Å²) < 4.78 is 7.40. The summed E-state index contributed by atoms with van der Waals surface area (Å²) in [5, 5.41) is 1.53. The molecule has 2 aliphatic rings. The van der Waals surface area contributed by atoms with E-state index in [1.165, 1.54) is 55.7 Å². The van der Waals surface area contributed by atoms with Crippen LogP contribution in [0.1, 0.15) is 113 Å². The standard InChI is InChI=1S/C21H25.C11H17.2C7H5Cl.2ClH.Zr/c1-20(2,3)16-7-9-18-14(12-16)11-15-13-17(21(4,5)6)8-10-19(15)18;1-8-6-9(2)10(7-8)11(3,4)5;2*1-6-2-4-7(8)5-3-6;;;/h7-13H,1-6H3;7-8H,1-5H3;2*1-5H;2*1H;/q;;;;;;+2/p-2. The molecule has 0 N–H and O–H groups in total. The summed E-state index contributed by atoms with van der Waals surface area (Å²) in [6, 6.07) is 31.8. The van der Waals surface area contributed by atoms with Gasteiger partial charge in [0.2, 0.25) is 0 Å². The number of hydrogen-bond donors (Lipinski definition) is 0. The minimum absolute atomic E-state index is 0. The first-order valence-corrected chi connectivity index (χ1v) is 24.0. The number of benzene rings is 4. The van der Waals surface area contributed by atoms with E-state index < -0.39 is 19.3 Å². The third-order valence-corrected chi connectivity index (χ3v) is 23.4. The third-order valence-electron chi connectivity index (χ3n) is 10.7. The number of rotatable bonds is 4. The minimum atomic E-state index is -4.06. The van der Waals surface area contributed by atoms with Gasteiger partial charge in [-0.25, -0.2) is 0 Å². The smallest absolute Gasteiger partial charge is 1.00 e. The molecule has 0 amide bonds. The van der Waals surface area contributed by atoms with Gasteiger partial charge in [-0.3, -0.25) is 0 Å². The summed E-state index contributed by atoms with van der Waals surface area (Å²) in [6.45, 7) is 26.0. The third kappa shape index (κ3) is 8.15. The zero-order valence-electron chi connectivity index (χ0n) is 32.0. The molecule has 0 radical (unpaired) electrons. The van der Waals surface area contributed by atoms with Crippen LogP contribution in [0.2, 0.25) is 10.0 Å². The van der Waals surface area contributed by atoms with Gasteiger partial charge in [0.15, 0.2) is 0 Å². The maximum absolute atomic E-state index is 6.52. The van der Waals surface area contributed by atoms with Gasteiger partial charge in [0.1, 0.15) is 0 Å². The summed E-state index contributed by atoms with van der Waals surface area (Å²) >= 11 is 8.97. The minimum Gasteiger partial charge on any atom is -1.00 e. The molecular weight excluding hydrogens is 786 g/mol. The number of halogens is 4. The average Bonchev–Trinajstić information content (AvgIpc) is 3.51. The zero-order valence-corrected chi connectivity index (χ0v) is 37.5. The topological polar surface area (TPSA) is 0 Å². The Morgan fingerprint density at radius 1 is 0.569 bits per heavy atom. The Morgan fingerprint density at radius 2 is 0.961 bits per heavy atom. The van der Waals surface area contributed by atoms with Crippen molar-refractivity contribution in [3.63, 3.8) is 0 Å². The Balaban J connectivity index is 0.00000292. The van der Waals surface area contributed by atoms with Gasteiger partial charge in [-0.1, -0.05) is 0 Å². The fourth-order valence-corrected chi connectivity index (χ4v) is 22.6. The second-order valence-electron chi connectivity index (χ2n) is 17.5. The van der Waals surface area contributed by atoms with E-state index in [9.17, 15) is 0 Å². The van der Waals surface area contributed by atoms with Crippen LogP contribution in [0.15, 0.2) is 105 Å². The molecule has 0 saturated carbocycles. The van der Waals surface area contributed by atoms with Crippen molar-refractivity contribution in [1.82, 2.24) is 0 Å². The Morgan fingerprint density at radius 3 is 1.29 bits per heavy atom. The van der Waals surface area contributed by atoms with Gasteiger partial charge >= 0.3 is 312 Å². The summed E-state index contributed by atoms with van der Waals surface area (Å²) in [6.07, 6.45) is 2.58. The van der Waals surface area contributed by atoms with Crippen molar-refractivity contribution in [2.24, 2.45) is 11.3 Å². The van der Waals surface area contributed by atoms with Crippen molar-refractivity contribution in [3.05, 3.63) is 149 Å². The Kier molecular flexibility index (Phi) is 12.4. The van der Waals surface area contributed by atoms with Gasteiger partial charge in [-0.15, -0.1) is 0 Å². The summed E-state index contributed by atoms with van der Waals surface area (Å²) in [5.74, 6) is 0.321. The molecule has 2 aliphatic carbocycles. The van der Waals surface area contributed by atoms with Crippen molar-refractivity contribution < 1.29 is 44.1 Å². The van der Waals surface area contributed by atoms with Gasteiger partial charge in [0.05, 0.1) is 0 Å². The monoisotopic (exact) mass is 834 g/mol. The fraction of sp³-hybridized carbons (Fsp3) is 0.348. The Hall–Kier alpha value is -1.86. The van der Waals surface area contributed by atoms with E-state index in [0.717, 1.165) is 10.0 Å². The second-order valence-corrected chi connectivity index (χ2v) is 27.1. The molecule has 0 aliphatic heterocycles. The maximum atomic E-state index is 6.52. The van der Waals surface area contributed by atoms with Crippen LogP contribution >= 0.6 is 23.2 Å². The maximum Gasteiger partial charge on any atom is -1.00 e. The Labute approximate surface area is 333 Å². The van der Waals surface area contributed by atoms with Crippen LogP contribution in [0.3, 0.4) is 0 Å². The molecule has 0 spiro atoms. The number of allylic oxidation sites excluding steroid dienone is 4. The molecule has 268 valence electrons. The summed E-state index contributed by atoms with van der Waals surface area (Å²) in [7, 11) is 0. The molecule has 5 heteroatoms. The van der Waals surface area contributed by atoms with Gasteiger partial charge in [0.25, 0.3) is 0 Å². The largest absolute Gasteiger partial charge is 1.00 e. The molecule has 0 nitrogen and oxygen atoms in total. The summed E-state index contributed by atoms with van der Waals surface area (Å²) in [4.78, 5) is 0. The average molecular weight is 838 g/mol.